The maximum atomic E-state index is 6.21. The molecule has 0 aliphatic rings. The van der Waals surface area contributed by atoms with Gasteiger partial charge in [-0.3, -0.25) is 4.98 Å². The molecule has 0 fully saturated rings. The molecule has 2 N–H and O–H groups in total. The molecule has 1 aromatic heterocycles. The third-order valence-electron chi connectivity index (χ3n) is 2.71. The van der Waals surface area contributed by atoms with Crippen molar-refractivity contribution in [2.45, 2.75) is 19.4 Å². The summed E-state index contributed by atoms with van der Waals surface area (Å²) in [7, 11) is 0. The maximum Gasteiger partial charge on any atom is 0.0422 e. The second-order valence-electron chi connectivity index (χ2n) is 4.16. The van der Waals surface area contributed by atoms with Crippen LogP contribution in [0.3, 0.4) is 0 Å². The first-order valence-electron chi connectivity index (χ1n) is 5.58. The van der Waals surface area contributed by atoms with Crippen LogP contribution in [0, 0.1) is 6.92 Å². The number of nitrogens with zero attached hydrogens (tertiary/aromatic N) is 1. The molecule has 1 unspecified atom stereocenters. The summed E-state index contributed by atoms with van der Waals surface area (Å²) in [6, 6.07) is 12.1. The van der Waals surface area contributed by atoms with Gasteiger partial charge in [-0.05, 0) is 36.2 Å². The summed E-state index contributed by atoms with van der Waals surface area (Å²) in [5.74, 6) is 0. The summed E-state index contributed by atoms with van der Waals surface area (Å²) < 4.78 is 1.07. The minimum Gasteiger partial charge on any atom is -0.324 e. The van der Waals surface area contributed by atoms with Crippen molar-refractivity contribution in [3.63, 3.8) is 0 Å². The molecule has 1 aromatic carbocycles. The Morgan fingerprint density at radius 3 is 2.76 bits per heavy atom. The molecule has 0 spiro atoms. The molecule has 17 heavy (non-hydrogen) atoms. The lowest BCUT2D eigenvalue weighted by Gasteiger charge is -2.14. The van der Waals surface area contributed by atoms with E-state index >= 15 is 0 Å². The minimum atomic E-state index is -0.0279. The second kappa shape index (κ2) is 5.43. The molecule has 2 aromatic rings. The van der Waals surface area contributed by atoms with Gasteiger partial charge in [0, 0.05) is 28.8 Å². The van der Waals surface area contributed by atoms with E-state index in [1.165, 1.54) is 5.56 Å². The van der Waals surface area contributed by atoms with Crippen molar-refractivity contribution < 1.29 is 0 Å². The topological polar surface area (TPSA) is 38.9 Å². The zero-order chi connectivity index (χ0) is 12.3. The zero-order valence-electron chi connectivity index (χ0n) is 9.73. The molecule has 1 atom stereocenters. The van der Waals surface area contributed by atoms with Crippen LogP contribution < -0.4 is 5.73 Å². The fourth-order valence-corrected chi connectivity index (χ4v) is 2.57. The van der Waals surface area contributed by atoms with Crippen LogP contribution in [0.2, 0.25) is 0 Å². The minimum absolute atomic E-state index is 0.0279. The van der Waals surface area contributed by atoms with Crippen molar-refractivity contribution in [1.29, 1.82) is 0 Å². The molecule has 0 aliphatic heterocycles. The molecule has 0 saturated heterocycles. The third kappa shape index (κ3) is 3.14. The standard InChI is InChI=1S/C14H15BrN2/c1-10-5-6-12(13(15)8-10)14(16)9-11-4-2-3-7-17-11/h2-8,14H,9,16H2,1H3. The molecular weight excluding hydrogens is 276 g/mol. The third-order valence-corrected chi connectivity index (χ3v) is 3.40. The largest absolute Gasteiger partial charge is 0.324 e. The van der Waals surface area contributed by atoms with E-state index in [-0.39, 0.29) is 6.04 Å². The number of aryl methyl sites for hydroxylation is 1. The highest BCUT2D eigenvalue weighted by molar-refractivity contribution is 9.10. The summed E-state index contributed by atoms with van der Waals surface area (Å²) in [6.45, 7) is 2.07. The zero-order valence-corrected chi connectivity index (χ0v) is 11.3. The molecule has 2 rings (SSSR count). The molecule has 1 heterocycles. The quantitative estimate of drug-likeness (QED) is 0.941. The molecule has 2 nitrogen and oxygen atoms in total. The average Bonchev–Trinajstić information content (AvgIpc) is 2.30. The summed E-state index contributed by atoms with van der Waals surface area (Å²) in [4.78, 5) is 4.30. The molecule has 0 bridgehead atoms. The molecule has 0 radical (unpaired) electrons. The van der Waals surface area contributed by atoms with Crippen LogP contribution in [0.25, 0.3) is 0 Å². The van der Waals surface area contributed by atoms with Gasteiger partial charge in [0.25, 0.3) is 0 Å². The molecule has 0 aliphatic carbocycles. The van der Waals surface area contributed by atoms with E-state index in [0.717, 1.165) is 22.2 Å². The van der Waals surface area contributed by atoms with Gasteiger partial charge in [-0.1, -0.05) is 34.1 Å². The first-order chi connectivity index (χ1) is 8.16. The molecule has 0 saturated carbocycles. The van der Waals surface area contributed by atoms with Gasteiger partial charge in [0.1, 0.15) is 0 Å². The van der Waals surface area contributed by atoms with E-state index < -0.39 is 0 Å². The van der Waals surface area contributed by atoms with Crippen molar-refractivity contribution in [2.24, 2.45) is 5.73 Å². The lowest BCUT2D eigenvalue weighted by atomic mass is 10.0. The van der Waals surface area contributed by atoms with Crippen LogP contribution in [0.1, 0.15) is 22.9 Å². The fraction of sp³-hybridized carbons (Fsp3) is 0.214. The Hall–Kier alpha value is -1.19. The molecule has 0 amide bonds. The van der Waals surface area contributed by atoms with E-state index in [2.05, 4.69) is 46.0 Å². The lowest BCUT2D eigenvalue weighted by Crippen LogP contribution is -2.14. The smallest absolute Gasteiger partial charge is 0.0422 e. The van der Waals surface area contributed by atoms with Crippen LogP contribution in [-0.4, -0.2) is 4.98 Å². The number of halogens is 1. The van der Waals surface area contributed by atoms with Crippen molar-refractivity contribution in [1.82, 2.24) is 4.98 Å². The highest BCUT2D eigenvalue weighted by Gasteiger charge is 2.11. The number of nitrogens with two attached hydrogens (primary N) is 1. The highest BCUT2D eigenvalue weighted by Crippen LogP contribution is 2.25. The predicted octanol–water partition coefficient (Wildman–Crippen LogP) is 3.40. The first-order valence-corrected chi connectivity index (χ1v) is 6.37. The summed E-state index contributed by atoms with van der Waals surface area (Å²) in [6.07, 6.45) is 2.55. The number of aromatic nitrogens is 1. The molecule has 3 heteroatoms. The van der Waals surface area contributed by atoms with Crippen LogP contribution in [0.4, 0.5) is 0 Å². The average molecular weight is 291 g/mol. The Morgan fingerprint density at radius 1 is 1.29 bits per heavy atom. The van der Waals surface area contributed by atoms with Gasteiger partial charge in [0.15, 0.2) is 0 Å². The number of rotatable bonds is 3. The van der Waals surface area contributed by atoms with Crippen LogP contribution in [0.5, 0.6) is 0 Å². The fourth-order valence-electron chi connectivity index (χ4n) is 1.79. The second-order valence-corrected chi connectivity index (χ2v) is 5.01. The van der Waals surface area contributed by atoms with Crippen molar-refractivity contribution in [3.8, 4) is 0 Å². The van der Waals surface area contributed by atoms with Gasteiger partial charge in [-0.15, -0.1) is 0 Å². The van der Waals surface area contributed by atoms with E-state index in [1.54, 1.807) is 6.20 Å². The van der Waals surface area contributed by atoms with E-state index in [9.17, 15) is 0 Å². The Balaban J connectivity index is 2.17. The Morgan fingerprint density at radius 2 is 2.12 bits per heavy atom. The van der Waals surface area contributed by atoms with Gasteiger partial charge in [0.2, 0.25) is 0 Å². The van der Waals surface area contributed by atoms with E-state index in [4.69, 9.17) is 5.73 Å². The predicted molar refractivity (Wildman–Crippen MR) is 73.7 cm³/mol. The van der Waals surface area contributed by atoms with Crippen molar-refractivity contribution in [3.05, 3.63) is 63.9 Å². The van der Waals surface area contributed by atoms with Gasteiger partial charge in [-0.25, -0.2) is 0 Å². The van der Waals surface area contributed by atoms with Gasteiger partial charge >= 0.3 is 0 Å². The number of hydrogen-bond acceptors (Lipinski definition) is 2. The number of hydrogen-bond donors (Lipinski definition) is 1. The van der Waals surface area contributed by atoms with Crippen LogP contribution in [0.15, 0.2) is 47.1 Å². The summed E-state index contributed by atoms with van der Waals surface area (Å²) in [5.41, 5.74) is 9.58. The monoisotopic (exact) mass is 290 g/mol. The normalized spacial score (nSPS) is 12.4. The highest BCUT2D eigenvalue weighted by atomic mass is 79.9. The summed E-state index contributed by atoms with van der Waals surface area (Å²) >= 11 is 3.56. The van der Waals surface area contributed by atoms with Gasteiger partial charge in [0.05, 0.1) is 0 Å². The van der Waals surface area contributed by atoms with Gasteiger partial charge in [-0.2, -0.15) is 0 Å². The number of pyridine rings is 1. The van der Waals surface area contributed by atoms with Crippen molar-refractivity contribution >= 4 is 15.9 Å². The van der Waals surface area contributed by atoms with E-state index in [1.807, 2.05) is 18.2 Å². The number of benzene rings is 1. The Kier molecular flexibility index (Phi) is 3.92. The maximum absolute atomic E-state index is 6.21. The Bertz CT molecular complexity index is 497. The van der Waals surface area contributed by atoms with Gasteiger partial charge < -0.3 is 5.73 Å². The van der Waals surface area contributed by atoms with Crippen molar-refractivity contribution in [2.75, 3.05) is 0 Å². The van der Waals surface area contributed by atoms with Crippen LogP contribution >= 0.6 is 15.9 Å². The SMILES string of the molecule is Cc1ccc(C(N)Cc2ccccn2)c(Br)c1. The Labute approximate surface area is 110 Å². The molecular formula is C14H15BrN2. The van der Waals surface area contributed by atoms with E-state index in [0.29, 0.717) is 0 Å². The summed E-state index contributed by atoms with van der Waals surface area (Å²) in [5, 5.41) is 0. The van der Waals surface area contributed by atoms with Crippen LogP contribution in [-0.2, 0) is 6.42 Å². The molecule has 88 valence electrons. The lowest BCUT2D eigenvalue weighted by molar-refractivity contribution is 0.703. The first kappa shape index (κ1) is 12.3.